The van der Waals surface area contributed by atoms with Crippen LogP contribution in [0.2, 0.25) is 0 Å². The van der Waals surface area contributed by atoms with Gasteiger partial charge < -0.3 is 25.2 Å². The lowest BCUT2D eigenvalue weighted by molar-refractivity contribution is -0.123. The van der Waals surface area contributed by atoms with Gasteiger partial charge in [-0.3, -0.25) is 4.79 Å². The van der Waals surface area contributed by atoms with Crippen LogP contribution >= 0.6 is 0 Å². The van der Waals surface area contributed by atoms with E-state index in [0.29, 0.717) is 19.6 Å². The topological polar surface area (TPSA) is 73.9 Å². The Bertz CT molecular complexity index is 1070. The van der Waals surface area contributed by atoms with Crippen molar-refractivity contribution in [2.45, 2.75) is 78.5 Å². The monoisotopic (exact) mass is 562 g/mol. The highest BCUT2D eigenvalue weighted by Gasteiger charge is 2.28. The number of urea groups is 1. The molecule has 1 heterocycles. The molecule has 1 saturated heterocycles. The lowest BCUT2D eigenvalue weighted by atomic mass is 9.97. The molecule has 0 unspecified atom stereocenters. The number of hydrogen-bond donors (Lipinski definition) is 2. The summed E-state index contributed by atoms with van der Waals surface area (Å²) in [6, 6.07) is 16.9. The van der Waals surface area contributed by atoms with E-state index in [-0.39, 0.29) is 23.9 Å². The fourth-order valence-electron chi connectivity index (χ4n) is 5.18. The minimum atomic E-state index is -0.605. The van der Waals surface area contributed by atoms with Gasteiger partial charge in [-0.25, -0.2) is 4.79 Å². The van der Waals surface area contributed by atoms with Gasteiger partial charge >= 0.3 is 6.03 Å². The number of ether oxygens (including phenoxy) is 1. The van der Waals surface area contributed by atoms with Crippen LogP contribution in [0.25, 0.3) is 5.57 Å². The summed E-state index contributed by atoms with van der Waals surface area (Å²) < 4.78 is 5.96. The minimum absolute atomic E-state index is 0.141. The van der Waals surface area contributed by atoms with Crippen LogP contribution < -0.4 is 15.4 Å². The summed E-state index contributed by atoms with van der Waals surface area (Å²) in [5.41, 5.74) is 2.90. The Labute approximate surface area is 247 Å². The summed E-state index contributed by atoms with van der Waals surface area (Å²) in [7, 11) is 0. The molecule has 0 aliphatic carbocycles. The van der Waals surface area contributed by atoms with Crippen molar-refractivity contribution in [1.82, 2.24) is 20.4 Å². The largest absolute Gasteiger partial charge is 0.489 e. The second kappa shape index (κ2) is 16.8. The van der Waals surface area contributed by atoms with E-state index >= 15 is 0 Å². The molecule has 1 aliphatic heterocycles. The maximum Gasteiger partial charge on any atom is 0.318 e. The van der Waals surface area contributed by atoms with Gasteiger partial charge in [0.15, 0.2) is 0 Å². The summed E-state index contributed by atoms with van der Waals surface area (Å²) in [4.78, 5) is 31.0. The zero-order valence-electron chi connectivity index (χ0n) is 25.5. The normalized spacial score (nSPS) is 15.2. The van der Waals surface area contributed by atoms with Crippen molar-refractivity contribution in [2.75, 3.05) is 32.7 Å². The zero-order valence-corrected chi connectivity index (χ0v) is 25.5. The van der Waals surface area contributed by atoms with E-state index in [1.165, 1.54) is 0 Å². The fraction of sp³-hybridized carbons (Fsp3) is 0.529. The third-order valence-electron chi connectivity index (χ3n) is 7.76. The van der Waals surface area contributed by atoms with Crippen LogP contribution in [0.5, 0.6) is 5.75 Å². The Hall–Kier alpha value is -3.32. The Kier molecular flexibility index (Phi) is 13.2. The number of benzene rings is 2. The van der Waals surface area contributed by atoms with Crippen molar-refractivity contribution in [2.24, 2.45) is 5.92 Å². The molecule has 7 nitrogen and oxygen atoms in total. The van der Waals surface area contributed by atoms with Crippen LogP contribution in [0.1, 0.15) is 70.9 Å². The zero-order chi connectivity index (χ0) is 29.6. The highest BCUT2D eigenvalue weighted by atomic mass is 16.5. The number of likely N-dealkylation sites (N-methyl/N-ethyl adjacent to an activating group) is 1. The van der Waals surface area contributed by atoms with Gasteiger partial charge in [0.25, 0.3) is 0 Å². The fourth-order valence-corrected chi connectivity index (χ4v) is 5.18. The van der Waals surface area contributed by atoms with Crippen LogP contribution in [0.15, 0.2) is 61.2 Å². The summed E-state index contributed by atoms with van der Waals surface area (Å²) in [6.45, 7) is 17.2. The first-order valence-corrected chi connectivity index (χ1v) is 15.3. The number of carbonyl (C=O) groups excluding carboxylic acids is 2. The maximum atomic E-state index is 13.7. The lowest BCUT2D eigenvalue weighted by Gasteiger charge is -2.31. The van der Waals surface area contributed by atoms with E-state index < -0.39 is 6.04 Å². The summed E-state index contributed by atoms with van der Waals surface area (Å²) in [6.07, 6.45) is 4.89. The van der Waals surface area contributed by atoms with E-state index in [0.717, 1.165) is 74.3 Å². The Morgan fingerprint density at radius 2 is 1.54 bits per heavy atom. The van der Waals surface area contributed by atoms with Gasteiger partial charge in [0.2, 0.25) is 5.91 Å². The number of nitrogens with one attached hydrogen (secondary N) is 2. The molecule has 1 aliphatic rings. The van der Waals surface area contributed by atoms with Gasteiger partial charge in [0.05, 0.1) is 6.04 Å². The Balaban J connectivity index is 1.71. The van der Waals surface area contributed by atoms with Crippen LogP contribution in [-0.2, 0) is 11.4 Å². The summed E-state index contributed by atoms with van der Waals surface area (Å²) in [5, 5.41) is 6.32. The number of nitrogens with zero attached hydrogens (tertiary/aromatic N) is 2. The van der Waals surface area contributed by atoms with E-state index in [1.54, 1.807) is 0 Å². The number of hydrogen-bond acceptors (Lipinski definition) is 4. The van der Waals surface area contributed by atoms with Crippen molar-refractivity contribution >= 4 is 17.5 Å². The number of amides is 3. The second-order valence-electron chi connectivity index (χ2n) is 11.4. The molecule has 224 valence electrons. The van der Waals surface area contributed by atoms with Crippen LogP contribution in [0.3, 0.4) is 0 Å². The first-order valence-electron chi connectivity index (χ1n) is 15.3. The standard InChI is InChI=1S/C34H50N4O3/c1-6-37(7-2)24-32(27(5)29-17-19-30(20-18-29)41-25-28-15-11-10-12-16-28)35-33(39)31(23-26(3)4)36-34(40)38-21-13-8-9-14-22-38/h10-12,15-20,26,31-32H,5-9,13-14,21-25H2,1-4H3,(H,35,39)(H,36,40)/t31-,32+/m0/s1. The number of likely N-dealkylation sites (tertiary alicyclic amines) is 1. The average molecular weight is 563 g/mol. The second-order valence-corrected chi connectivity index (χ2v) is 11.4. The first-order chi connectivity index (χ1) is 19.8. The van der Waals surface area contributed by atoms with Crippen LogP contribution in [-0.4, -0.2) is 66.5 Å². The molecule has 7 heteroatoms. The Morgan fingerprint density at radius 1 is 0.902 bits per heavy atom. The third kappa shape index (κ3) is 10.5. The molecule has 0 saturated carbocycles. The molecule has 3 amide bonds. The minimum Gasteiger partial charge on any atom is -0.489 e. The van der Waals surface area contributed by atoms with E-state index in [4.69, 9.17) is 4.74 Å². The molecular weight excluding hydrogens is 512 g/mol. The quantitative estimate of drug-likeness (QED) is 0.292. The number of carbonyl (C=O) groups is 2. The summed E-state index contributed by atoms with van der Waals surface area (Å²) in [5.74, 6) is 0.869. The third-order valence-corrected chi connectivity index (χ3v) is 7.76. The van der Waals surface area contributed by atoms with E-state index in [9.17, 15) is 9.59 Å². The molecule has 2 N–H and O–H groups in total. The van der Waals surface area contributed by atoms with Gasteiger partial charge in [-0.05, 0) is 67.1 Å². The highest BCUT2D eigenvalue weighted by Crippen LogP contribution is 2.22. The molecule has 3 rings (SSSR count). The summed E-state index contributed by atoms with van der Waals surface area (Å²) >= 11 is 0. The van der Waals surface area contributed by atoms with Crippen LogP contribution in [0, 0.1) is 5.92 Å². The molecular formula is C34H50N4O3. The molecule has 0 aromatic heterocycles. The number of rotatable bonds is 14. The molecule has 1 fully saturated rings. The van der Waals surface area contributed by atoms with Crippen molar-refractivity contribution in [1.29, 1.82) is 0 Å². The predicted octanol–water partition coefficient (Wildman–Crippen LogP) is 6.11. The van der Waals surface area contributed by atoms with Crippen molar-refractivity contribution in [3.05, 3.63) is 72.3 Å². The molecule has 0 spiro atoms. The van der Waals surface area contributed by atoms with Crippen molar-refractivity contribution in [3.63, 3.8) is 0 Å². The molecule has 2 atom stereocenters. The van der Waals surface area contributed by atoms with Crippen molar-refractivity contribution < 1.29 is 14.3 Å². The molecule has 2 aromatic carbocycles. The van der Waals surface area contributed by atoms with Gasteiger partial charge in [-0.2, -0.15) is 0 Å². The van der Waals surface area contributed by atoms with E-state index in [1.807, 2.05) is 59.5 Å². The SMILES string of the molecule is C=C(c1ccc(OCc2ccccc2)cc1)[C@@H](CN(CC)CC)NC(=O)[C@H](CC(C)C)NC(=O)N1CCCCCC1. The van der Waals surface area contributed by atoms with Gasteiger partial charge in [0.1, 0.15) is 18.4 Å². The van der Waals surface area contributed by atoms with Gasteiger partial charge in [-0.15, -0.1) is 0 Å². The first kappa shape index (κ1) is 32.2. The van der Waals surface area contributed by atoms with E-state index in [2.05, 4.69) is 49.8 Å². The van der Waals surface area contributed by atoms with Crippen LogP contribution in [0.4, 0.5) is 4.79 Å². The van der Waals surface area contributed by atoms with Crippen molar-refractivity contribution in [3.8, 4) is 5.75 Å². The molecule has 41 heavy (non-hydrogen) atoms. The average Bonchev–Trinajstić information content (AvgIpc) is 3.28. The smallest absolute Gasteiger partial charge is 0.318 e. The van der Waals surface area contributed by atoms with Gasteiger partial charge in [-0.1, -0.05) is 89.6 Å². The predicted molar refractivity (Wildman–Crippen MR) is 168 cm³/mol. The highest BCUT2D eigenvalue weighted by molar-refractivity contribution is 5.88. The molecule has 0 bridgehead atoms. The Morgan fingerprint density at radius 3 is 2.12 bits per heavy atom. The van der Waals surface area contributed by atoms with Gasteiger partial charge in [0, 0.05) is 19.6 Å². The molecule has 0 radical (unpaired) electrons. The maximum absolute atomic E-state index is 13.7. The molecule has 2 aromatic rings. The lowest BCUT2D eigenvalue weighted by Crippen LogP contribution is -2.55.